The summed E-state index contributed by atoms with van der Waals surface area (Å²) in [5.74, 6) is -0.650. The lowest BCUT2D eigenvalue weighted by Crippen LogP contribution is -2.14. The number of hydrogen-bond acceptors (Lipinski definition) is 5. The highest BCUT2D eigenvalue weighted by molar-refractivity contribution is 7.92. The van der Waals surface area contributed by atoms with Crippen LogP contribution in [0.3, 0.4) is 0 Å². The second kappa shape index (κ2) is 7.08. The average molecular weight is 384 g/mol. The second-order valence-corrected chi connectivity index (χ2v) is 7.43. The summed E-state index contributed by atoms with van der Waals surface area (Å²) in [5, 5.41) is 13.4. The van der Waals surface area contributed by atoms with E-state index in [-0.39, 0.29) is 16.3 Å². The zero-order valence-corrected chi connectivity index (χ0v) is 14.8. The third-order valence-corrected chi connectivity index (χ3v) is 4.12. The van der Waals surface area contributed by atoms with Gasteiger partial charge in [0.1, 0.15) is 0 Å². The van der Waals surface area contributed by atoms with Crippen molar-refractivity contribution in [2.75, 3.05) is 16.3 Å². The fraction of sp³-hybridized carbons (Fsp3) is 0.133. The molecule has 25 heavy (non-hydrogen) atoms. The number of anilines is 2. The van der Waals surface area contributed by atoms with E-state index in [1.807, 2.05) is 0 Å². The van der Waals surface area contributed by atoms with Gasteiger partial charge in [-0.1, -0.05) is 17.7 Å². The maximum absolute atomic E-state index is 12.3. The van der Waals surface area contributed by atoms with E-state index >= 15 is 0 Å². The fourth-order valence-electron chi connectivity index (χ4n) is 2.01. The van der Waals surface area contributed by atoms with Crippen molar-refractivity contribution < 1.29 is 18.1 Å². The van der Waals surface area contributed by atoms with Crippen LogP contribution in [0.5, 0.6) is 0 Å². The number of nitrogens with one attached hydrogen (secondary N) is 2. The number of hydrogen-bond donors (Lipinski definition) is 2. The molecule has 0 spiro atoms. The van der Waals surface area contributed by atoms with E-state index in [2.05, 4.69) is 10.0 Å². The number of benzene rings is 2. The van der Waals surface area contributed by atoms with Crippen molar-refractivity contribution in [3.8, 4) is 0 Å². The first-order chi connectivity index (χ1) is 11.6. The number of sulfonamides is 1. The van der Waals surface area contributed by atoms with Gasteiger partial charge >= 0.3 is 0 Å². The van der Waals surface area contributed by atoms with Crippen LogP contribution in [0.25, 0.3) is 0 Å². The first kappa shape index (κ1) is 18.7. The molecule has 0 unspecified atom stereocenters. The van der Waals surface area contributed by atoms with Crippen molar-refractivity contribution in [3.63, 3.8) is 0 Å². The van der Waals surface area contributed by atoms with Gasteiger partial charge in [0.2, 0.25) is 10.0 Å². The van der Waals surface area contributed by atoms with Gasteiger partial charge in [0, 0.05) is 17.8 Å². The SMILES string of the molecule is Cc1ccc(NC(=O)c2cc([N+](=O)[O-])ccc2Cl)cc1NS(C)(=O)=O. The van der Waals surface area contributed by atoms with Gasteiger partial charge in [-0.05, 0) is 30.7 Å². The van der Waals surface area contributed by atoms with Crippen LogP contribution in [0.15, 0.2) is 36.4 Å². The number of amides is 1. The Balaban J connectivity index is 2.31. The summed E-state index contributed by atoms with van der Waals surface area (Å²) >= 11 is 5.93. The number of aryl methyl sites for hydroxylation is 1. The Bertz CT molecular complexity index is 960. The first-order valence-electron chi connectivity index (χ1n) is 6.90. The van der Waals surface area contributed by atoms with Crippen molar-refractivity contribution in [1.82, 2.24) is 0 Å². The predicted molar refractivity (Wildman–Crippen MR) is 95.7 cm³/mol. The summed E-state index contributed by atoms with van der Waals surface area (Å²) in [6.07, 6.45) is 1.01. The van der Waals surface area contributed by atoms with Gasteiger partial charge in [0.05, 0.1) is 27.5 Å². The summed E-state index contributed by atoms with van der Waals surface area (Å²) in [6, 6.07) is 8.17. The van der Waals surface area contributed by atoms with E-state index in [4.69, 9.17) is 11.6 Å². The monoisotopic (exact) mass is 383 g/mol. The largest absolute Gasteiger partial charge is 0.322 e. The van der Waals surface area contributed by atoms with Gasteiger partial charge in [0.15, 0.2) is 0 Å². The first-order valence-corrected chi connectivity index (χ1v) is 9.17. The molecule has 1 amide bonds. The molecule has 2 aromatic rings. The van der Waals surface area contributed by atoms with Gasteiger partial charge in [0.25, 0.3) is 11.6 Å². The normalized spacial score (nSPS) is 11.0. The lowest BCUT2D eigenvalue weighted by atomic mass is 10.1. The van der Waals surface area contributed by atoms with Gasteiger partial charge in [-0.3, -0.25) is 19.6 Å². The molecule has 10 heteroatoms. The molecule has 0 aliphatic rings. The lowest BCUT2D eigenvalue weighted by molar-refractivity contribution is -0.384. The van der Waals surface area contributed by atoms with Crippen molar-refractivity contribution in [3.05, 3.63) is 62.7 Å². The van der Waals surface area contributed by atoms with Crippen LogP contribution in [-0.2, 0) is 10.0 Å². The smallest absolute Gasteiger partial charge is 0.270 e. The van der Waals surface area contributed by atoms with E-state index < -0.39 is 20.9 Å². The second-order valence-electron chi connectivity index (χ2n) is 5.28. The Kier molecular flexibility index (Phi) is 5.29. The highest BCUT2D eigenvalue weighted by atomic mass is 35.5. The number of halogens is 1. The molecule has 0 radical (unpaired) electrons. The van der Waals surface area contributed by atoms with Gasteiger partial charge in [-0.2, -0.15) is 0 Å². The maximum Gasteiger partial charge on any atom is 0.270 e. The zero-order chi connectivity index (χ0) is 18.8. The Morgan fingerprint density at radius 2 is 1.88 bits per heavy atom. The summed E-state index contributed by atoms with van der Waals surface area (Å²) in [7, 11) is -3.48. The van der Waals surface area contributed by atoms with Crippen molar-refractivity contribution in [2.45, 2.75) is 6.92 Å². The molecule has 0 bridgehead atoms. The Labute approximate surface area is 149 Å². The van der Waals surface area contributed by atoms with E-state index in [0.29, 0.717) is 16.9 Å². The van der Waals surface area contributed by atoms with Gasteiger partial charge in [-0.15, -0.1) is 0 Å². The molecule has 132 valence electrons. The Hall–Kier alpha value is -2.65. The molecular formula is C15H14ClN3O5S. The van der Waals surface area contributed by atoms with E-state index in [9.17, 15) is 23.3 Å². The number of non-ortho nitro benzene ring substituents is 1. The molecule has 0 aliphatic heterocycles. The molecule has 0 heterocycles. The summed E-state index contributed by atoms with van der Waals surface area (Å²) in [4.78, 5) is 22.5. The van der Waals surface area contributed by atoms with Gasteiger partial charge < -0.3 is 5.32 Å². The summed E-state index contributed by atoms with van der Waals surface area (Å²) in [5.41, 5.74) is 0.957. The third kappa shape index (κ3) is 4.91. The molecule has 2 aromatic carbocycles. The van der Waals surface area contributed by atoms with Crippen molar-refractivity contribution in [2.24, 2.45) is 0 Å². The summed E-state index contributed by atoms with van der Waals surface area (Å²) in [6.45, 7) is 1.70. The van der Waals surface area contributed by atoms with Crippen LogP contribution in [0.4, 0.5) is 17.1 Å². The molecule has 0 saturated carbocycles. The predicted octanol–water partition coefficient (Wildman–Crippen LogP) is 3.18. The molecule has 0 atom stereocenters. The Morgan fingerprint density at radius 3 is 2.48 bits per heavy atom. The summed E-state index contributed by atoms with van der Waals surface area (Å²) < 4.78 is 25.1. The molecular weight excluding hydrogens is 370 g/mol. The quantitative estimate of drug-likeness (QED) is 0.607. The minimum atomic E-state index is -3.48. The molecule has 2 N–H and O–H groups in total. The molecule has 8 nitrogen and oxygen atoms in total. The number of carbonyl (C=O) groups excluding carboxylic acids is 1. The number of nitrogens with zero attached hydrogens (tertiary/aromatic N) is 1. The number of nitro groups is 1. The van der Waals surface area contributed by atoms with Crippen LogP contribution in [0.1, 0.15) is 15.9 Å². The highest BCUT2D eigenvalue weighted by Gasteiger charge is 2.16. The topological polar surface area (TPSA) is 118 Å². The Morgan fingerprint density at radius 1 is 1.20 bits per heavy atom. The maximum atomic E-state index is 12.3. The molecule has 0 aromatic heterocycles. The van der Waals surface area contributed by atoms with Crippen molar-refractivity contribution >= 4 is 44.6 Å². The highest BCUT2D eigenvalue weighted by Crippen LogP contribution is 2.25. The van der Waals surface area contributed by atoms with E-state index in [1.54, 1.807) is 19.1 Å². The van der Waals surface area contributed by atoms with E-state index in [1.165, 1.54) is 18.2 Å². The average Bonchev–Trinajstić information content (AvgIpc) is 2.49. The van der Waals surface area contributed by atoms with E-state index in [0.717, 1.165) is 12.3 Å². The molecule has 0 fully saturated rings. The standard InChI is InChI=1S/C15H14ClN3O5S/c1-9-3-4-10(7-14(9)18-25(2,23)24)17-15(20)12-8-11(19(21)22)5-6-13(12)16/h3-8,18H,1-2H3,(H,17,20). The lowest BCUT2D eigenvalue weighted by Gasteiger charge is -2.11. The molecule has 0 aliphatic carbocycles. The van der Waals surface area contributed by atoms with Crippen LogP contribution >= 0.6 is 11.6 Å². The van der Waals surface area contributed by atoms with Crippen LogP contribution in [-0.4, -0.2) is 25.5 Å². The number of nitro benzene ring substituents is 1. The van der Waals surface area contributed by atoms with Crippen LogP contribution in [0, 0.1) is 17.0 Å². The van der Waals surface area contributed by atoms with Gasteiger partial charge in [-0.25, -0.2) is 8.42 Å². The minimum Gasteiger partial charge on any atom is -0.322 e. The molecule has 0 saturated heterocycles. The van der Waals surface area contributed by atoms with Crippen LogP contribution < -0.4 is 10.0 Å². The minimum absolute atomic E-state index is 0.0599. The van der Waals surface area contributed by atoms with Crippen molar-refractivity contribution in [1.29, 1.82) is 0 Å². The number of rotatable bonds is 5. The van der Waals surface area contributed by atoms with Crippen LogP contribution in [0.2, 0.25) is 5.02 Å². The number of carbonyl (C=O) groups is 1. The third-order valence-electron chi connectivity index (χ3n) is 3.20. The zero-order valence-electron chi connectivity index (χ0n) is 13.2. The molecule has 2 rings (SSSR count). The fourth-order valence-corrected chi connectivity index (χ4v) is 2.83.